The summed E-state index contributed by atoms with van der Waals surface area (Å²) in [6.45, 7) is 7.76. The van der Waals surface area contributed by atoms with Gasteiger partial charge in [0.15, 0.2) is 0 Å². The molecule has 1 aromatic heterocycles. The Morgan fingerprint density at radius 2 is 1.78 bits per heavy atom. The fraction of sp³-hybridized carbons (Fsp3) is 0.500. The molecule has 2 aromatic rings. The minimum Gasteiger partial charge on any atom is -0.361 e. The van der Waals surface area contributed by atoms with E-state index in [0.717, 1.165) is 6.54 Å². The molecule has 0 radical (unpaired) electrons. The second-order valence-electron chi connectivity index (χ2n) is 5.09. The van der Waals surface area contributed by atoms with Crippen molar-refractivity contribution in [1.29, 1.82) is 0 Å². The standard InChI is InChI=1S/C16H24N2/c1-4-16(5-2,6-3)18-12-13-7-8-14-9-10-17-15(14)11-13/h7-11,17-18H,4-6,12H2,1-3H3. The van der Waals surface area contributed by atoms with Gasteiger partial charge in [0.1, 0.15) is 0 Å². The van der Waals surface area contributed by atoms with Crippen molar-refractivity contribution >= 4 is 10.9 Å². The van der Waals surface area contributed by atoms with E-state index in [1.165, 1.54) is 35.7 Å². The van der Waals surface area contributed by atoms with Crippen LogP contribution in [0.4, 0.5) is 0 Å². The monoisotopic (exact) mass is 244 g/mol. The zero-order valence-corrected chi connectivity index (χ0v) is 11.7. The molecule has 2 nitrogen and oxygen atoms in total. The Kier molecular flexibility index (Phi) is 4.07. The number of fused-ring (bicyclic) bond motifs is 1. The summed E-state index contributed by atoms with van der Waals surface area (Å²) in [7, 11) is 0. The van der Waals surface area contributed by atoms with Gasteiger partial charge in [0.25, 0.3) is 0 Å². The van der Waals surface area contributed by atoms with Crippen molar-refractivity contribution in [3.05, 3.63) is 36.0 Å². The molecular weight excluding hydrogens is 220 g/mol. The highest BCUT2D eigenvalue weighted by Gasteiger charge is 2.22. The number of H-pyrrole nitrogens is 1. The highest BCUT2D eigenvalue weighted by molar-refractivity contribution is 5.79. The zero-order chi connectivity index (χ0) is 13.0. The Labute approximate surface area is 110 Å². The number of aromatic nitrogens is 1. The van der Waals surface area contributed by atoms with Gasteiger partial charge in [0, 0.05) is 23.8 Å². The maximum absolute atomic E-state index is 3.74. The van der Waals surface area contributed by atoms with Crippen molar-refractivity contribution in [3.63, 3.8) is 0 Å². The van der Waals surface area contributed by atoms with Crippen LogP contribution in [0, 0.1) is 0 Å². The number of rotatable bonds is 6. The topological polar surface area (TPSA) is 27.8 Å². The van der Waals surface area contributed by atoms with Crippen LogP contribution < -0.4 is 5.32 Å². The van der Waals surface area contributed by atoms with Crippen LogP contribution in [0.1, 0.15) is 45.6 Å². The molecular formula is C16H24N2. The Morgan fingerprint density at radius 3 is 2.44 bits per heavy atom. The predicted octanol–water partition coefficient (Wildman–Crippen LogP) is 4.23. The third-order valence-electron chi connectivity index (χ3n) is 4.32. The van der Waals surface area contributed by atoms with E-state index >= 15 is 0 Å². The van der Waals surface area contributed by atoms with Gasteiger partial charge in [-0.1, -0.05) is 32.9 Å². The van der Waals surface area contributed by atoms with Crippen LogP contribution in [-0.2, 0) is 6.54 Å². The second kappa shape index (κ2) is 5.57. The van der Waals surface area contributed by atoms with Crippen molar-refractivity contribution in [2.45, 2.75) is 52.1 Å². The number of aromatic amines is 1. The molecule has 0 aliphatic carbocycles. The van der Waals surface area contributed by atoms with Gasteiger partial charge in [-0.05, 0) is 42.3 Å². The van der Waals surface area contributed by atoms with E-state index in [1.54, 1.807) is 0 Å². The Bertz CT molecular complexity index is 486. The molecule has 98 valence electrons. The number of hydrogen-bond acceptors (Lipinski definition) is 1. The molecule has 0 bridgehead atoms. The molecule has 0 atom stereocenters. The minimum atomic E-state index is 0.296. The van der Waals surface area contributed by atoms with Crippen molar-refractivity contribution in [3.8, 4) is 0 Å². The van der Waals surface area contributed by atoms with E-state index in [9.17, 15) is 0 Å². The maximum Gasteiger partial charge on any atom is 0.0457 e. The zero-order valence-electron chi connectivity index (χ0n) is 11.7. The first-order valence-corrected chi connectivity index (χ1v) is 7.04. The van der Waals surface area contributed by atoms with E-state index in [0.29, 0.717) is 5.54 Å². The van der Waals surface area contributed by atoms with Crippen molar-refractivity contribution in [2.75, 3.05) is 0 Å². The van der Waals surface area contributed by atoms with Gasteiger partial charge in [0.05, 0.1) is 0 Å². The highest BCUT2D eigenvalue weighted by Crippen LogP contribution is 2.21. The molecule has 2 rings (SSSR count). The smallest absolute Gasteiger partial charge is 0.0457 e. The molecule has 0 saturated heterocycles. The van der Waals surface area contributed by atoms with Crippen LogP contribution in [0.2, 0.25) is 0 Å². The van der Waals surface area contributed by atoms with E-state index < -0.39 is 0 Å². The maximum atomic E-state index is 3.74. The SMILES string of the molecule is CCC(CC)(CC)NCc1ccc2cc[nH]c2c1. The molecule has 0 fully saturated rings. The fourth-order valence-corrected chi connectivity index (χ4v) is 2.62. The summed E-state index contributed by atoms with van der Waals surface area (Å²) in [6.07, 6.45) is 5.55. The second-order valence-corrected chi connectivity index (χ2v) is 5.09. The number of nitrogens with one attached hydrogen (secondary N) is 2. The Balaban J connectivity index is 2.09. The number of hydrogen-bond donors (Lipinski definition) is 2. The fourth-order valence-electron chi connectivity index (χ4n) is 2.62. The van der Waals surface area contributed by atoms with E-state index in [4.69, 9.17) is 0 Å². The van der Waals surface area contributed by atoms with Gasteiger partial charge in [-0.25, -0.2) is 0 Å². The lowest BCUT2D eigenvalue weighted by atomic mass is 9.89. The minimum absolute atomic E-state index is 0.296. The number of benzene rings is 1. The normalized spacial score (nSPS) is 12.2. The van der Waals surface area contributed by atoms with Gasteiger partial charge >= 0.3 is 0 Å². The van der Waals surface area contributed by atoms with Crippen LogP contribution in [0.3, 0.4) is 0 Å². The van der Waals surface area contributed by atoms with Crippen LogP contribution in [-0.4, -0.2) is 10.5 Å². The van der Waals surface area contributed by atoms with Crippen LogP contribution >= 0.6 is 0 Å². The Morgan fingerprint density at radius 1 is 1.06 bits per heavy atom. The molecule has 0 spiro atoms. The molecule has 1 aromatic carbocycles. The lowest BCUT2D eigenvalue weighted by molar-refractivity contribution is 0.288. The van der Waals surface area contributed by atoms with Gasteiger partial charge in [-0.15, -0.1) is 0 Å². The summed E-state index contributed by atoms with van der Waals surface area (Å²) in [6, 6.07) is 8.76. The quantitative estimate of drug-likeness (QED) is 0.782. The molecule has 1 heterocycles. The van der Waals surface area contributed by atoms with Crippen LogP contribution in [0.15, 0.2) is 30.5 Å². The summed E-state index contributed by atoms with van der Waals surface area (Å²) < 4.78 is 0. The highest BCUT2D eigenvalue weighted by atomic mass is 15.0. The summed E-state index contributed by atoms with van der Waals surface area (Å²) in [5.74, 6) is 0. The first-order chi connectivity index (χ1) is 8.73. The molecule has 0 saturated carbocycles. The molecule has 0 unspecified atom stereocenters. The lowest BCUT2D eigenvalue weighted by Gasteiger charge is -2.32. The average Bonchev–Trinajstić information content (AvgIpc) is 2.88. The summed E-state index contributed by atoms with van der Waals surface area (Å²) >= 11 is 0. The van der Waals surface area contributed by atoms with E-state index in [1.807, 2.05) is 6.20 Å². The predicted molar refractivity (Wildman–Crippen MR) is 78.7 cm³/mol. The molecule has 0 aliphatic heterocycles. The van der Waals surface area contributed by atoms with Gasteiger partial charge in [-0.2, -0.15) is 0 Å². The van der Waals surface area contributed by atoms with Gasteiger partial charge in [0.2, 0.25) is 0 Å². The third kappa shape index (κ3) is 2.59. The van der Waals surface area contributed by atoms with Crippen LogP contribution in [0.5, 0.6) is 0 Å². The molecule has 2 heteroatoms. The van der Waals surface area contributed by atoms with Crippen molar-refractivity contribution < 1.29 is 0 Å². The van der Waals surface area contributed by atoms with Crippen molar-refractivity contribution in [1.82, 2.24) is 10.3 Å². The lowest BCUT2D eigenvalue weighted by Crippen LogP contribution is -2.43. The third-order valence-corrected chi connectivity index (χ3v) is 4.32. The summed E-state index contributed by atoms with van der Waals surface area (Å²) in [4.78, 5) is 3.27. The molecule has 0 amide bonds. The van der Waals surface area contributed by atoms with E-state index in [2.05, 4.69) is 55.3 Å². The van der Waals surface area contributed by atoms with Crippen LogP contribution in [0.25, 0.3) is 10.9 Å². The average molecular weight is 244 g/mol. The molecule has 0 aliphatic rings. The molecule has 18 heavy (non-hydrogen) atoms. The summed E-state index contributed by atoms with van der Waals surface area (Å²) in [5.41, 5.74) is 2.87. The van der Waals surface area contributed by atoms with Crippen molar-refractivity contribution in [2.24, 2.45) is 0 Å². The first kappa shape index (κ1) is 13.2. The first-order valence-electron chi connectivity index (χ1n) is 7.04. The van der Waals surface area contributed by atoms with E-state index in [-0.39, 0.29) is 0 Å². The Hall–Kier alpha value is -1.28. The van der Waals surface area contributed by atoms with Gasteiger partial charge < -0.3 is 10.3 Å². The molecule has 2 N–H and O–H groups in total. The van der Waals surface area contributed by atoms with Gasteiger partial charge in [-0.3, -0.25) is 0 Å². The largest absolute Gasteiger partial charge is 0.361 e. The summed E-state index contributed by atoms with van der Waals surface area (Å²) in [5, 5.41) is 5.03.